The summed E-state index contributed by atoms with van der Waals surface area (Å²) in [4.78, 5) is 26.1. The zero-order chi connectivity index (χ0) is 22.2. The number of carbonyl (C=O) groups excluding carboxylic acids is 1. The fourth-order valence-electron chi connectivity index (χ4n) is 3.64. The van der Waals surface area contributed by atoms with Crippen LogP contribution in [0.3, 0.4) is 0 Å². The van der Waals surface area contributed by atoms with Crippen LogP contribution < -0.4 is 10.6 Å². The lowest BCUT2D eigenvalue weighted by atomic mass is 10.1. The Hall–Kier alpha value is -4.27. The van der Waals surface area contributed by atoms with Crippen LogP contribution in [-0.2, 0) is 14.1 Å². The summed E-state index contributed by atoms with van der Waals surface area (Å²) in [6.45, 7) is 2.03. The Morgan fingerprint density at radius 2 is 1.88 bits per heavy atom. The van der Waals surface area contributed by atoms with Gasteiger partial charge in [-0.05, 0) is 36.8 Å². The summed E-state index contributed by atoms with van der Waals surface area (Å²) in [5, 5.41) is 10.5. The first-order valence-electron chi connectivity index (χ1n) is 10.2. The highest BCUT2D eigenvalue weighted by Crippen LogP contribution is 2.22. The van der Waals surface area contributed by atoms with Crippen molar-refractivity contribution >= 4 is 39.6 Å². The van der Waals surface area contributed by atoms with Crippen molar-refractivity contribution in [3.63, 3.8) is 0 Å². The molecule has 0 unspecified atom stereocenters. The van der Waals surface area contributed by atoms with Crippen LogP contribution in [0.5, 0.6) is 0 Å². The average Bonchev–Trinajstić information content (AvgIpc) is 3.36. The lowest BCUT2D eigenvalue weighted by Crippen LogP contribution is -2.13. The molecule has 5 aromatic rings. The number of benzene rings is 1. The summed E-state index contributed by atoms with van der Waals surface area (Å²) in [5.41, 5.74) is 5.46. The molecule has 1 amide bonds. The summed E-state index contributed by atoms with van der Waals surface area (Å²) in [7, 11) is 3.77. The second kappa shape index (κ2) is 7.77. The zero-order valence-corrected chi connectivity index (χ0v) is 17.9. The van der Waals surface area contributed by atoms with Gasteiger partial charge in [-0.2, -0.15) is 5.10 Å². The highest BCUT2D eigenvalue weighted by atomic mass is 16.1. The van der Waals surface area contributed by atoms with Crippen LogP contribution in [-0.4, -0.2) is 35.2 Å². The molecule has 0 bridgehead atoms. The highest BCUT2D eigenvalue weighted by molar-refractivity contribution is 6.05. The molecule has 4 aromatic heterocycles. The van der Waals surface area contributed by atoms with Gasteiger partial charge < -0.3 is 15.2 Å². The minimum Gasteiger partial charge on any atom is -0.362 e. The van der Waals surface area contributed by atoms with E-state index >= 15 is 0 Å². The molecule has 160 valence electrons. The summed E-state index contributed by atoms with van der Waals surface area (Å²) in [6, 6.07) is 11.4. The number of aryl methyl sites for hydroxylation is 2. The molecule has 0 spiro atoms. The van der Waals surface area contributed by atoms with Gasteiger partial charge in [0, 0.05) is 32.2 Å². The predicted octanol–water partition coefficient (Wildman–Crippen LogP) is 3.68. The number of aromatic nitrogens is 6. The van der Waals surface area contributed by atoms with E-state index in [-0.39, 0.29) is 11.9 Å². The Balaban J connectivity index is 1.33. The summed E-state index contributed by atoms with van der Waals surface area (Å²) in [6.07, 6.45) is 6.90. The van der Waals surface area contributed by atoms with E-state index in [0.717, 1.165) is 22.1 Å². The van der Waals surface area contributed by atoms with Crippen LogP contribution in [0.25, 0.3) is 22.2 Å². The number of fused-ring (bicyclic) bond motifs is 2. The monoisotopic (exact) mass is 426 g/mol. The minimum atomic E-state index is -0.203. The second-order valence-corrected chi connectivity index (χ2v) is 7.73. The van der Waals surface area contributed by atoms with Crippen LogP contribution in [0, 0.1) is 0 Å². The molecular weight excluding hydrogens is 404 g/mol. The van der Waals surface area contributed by atoms with Gasteiger partial charge in [0.1, 0.15) is 11.3 Å². The lowest BCUT2D eigenvalue weighted by molar-refractivity contribution is 0.102. The molecule has 0 saturated carbocycles. The normalized spacial score (nSPS) is 12.2. The van der Waals surface area contributed by atoms with Crippen LogP contribution in [0.2, 0.25) is 0 Å². The molecule has 2 N–H and O–H groups in total. The molecule has 4 heterocycles. The van der Waals surface area contributed by atoms with Crippen LogP contribution in [0.4, 0.5) is 11.5 Å². The van der Waals surface area contributed by atoms with Crippen LogP contribution >= 0.6 is 0 Å². The number of amides is 1. The quantitative estimate of drug-likeness (QED) is 0.444. The molecule has 0 radical (unpaired) electrons. The van der Waals surface area contributed by atoms with Crippen LogP contribution in [0.15, 0.2) is 61.2 Å². The number of pyridine rings is 1. The molecule has 5 rings (SSSR count). The fraction of sp³-hybridized carbons (Fsp3) is 0.174. The maximum atomic E-state index is 12.8. The summed E-state index contributed by atoms with van der Waals surface area (Å²) in [5.74, 6) is 0.455. The Kier molecular flexibility index (Phi) is 4.78. The molecular formula is C23H22N8O. The molecule has 32 heavy (non-hydrogen) atoms. The smallest absolute Gasteiger partial charge is 0.257 e. The number of nitrogens with one attached hydrogen (secondary N) is 2. The van der Waals surface area contributed by atoms with Crippen molar-refractivity contribution in [1.29, 1.82) is 0 Å². The van der Waals surface area contributed by atoms with Gasteiger partial charge in [-0.3, -0.25) is 9.78 Å². The first-order chi connectivity index (χ1) is 15.5. The Bertz CT molecular complexity index is 1450. The summed E-state index contributed by atoms with van der Waals surface area (Å²) >= 11 is 0. The first-order valence-corrected chi connectivity index (χ1v) is 10.2. The van der Waals surface area contributed by atoms with Crippen molar-refractivity contribution in [2.24, 2.45) is 14.1 Å². The largest absolute Gasteiger partial charge is 0.362 e. The number of nitrogens with zero attached hydrogens (tertiary/aromatic N) is 6. The van der Waals surface area contributed by atoms with Crippen molar-refractivity contribution in [1.82, 2.24) is 29.3 Å². The Labute approximate surface area is 184 Å². The molecule has 0 aliphatic heterocycles. The van der Waals surface area contributed by atoms with Gasteiger partial charge in [-0.1, -0.05) is 12.1 Å². The van der Waals surface area contributed by atoms with Gasteiger partial charge in [0.05, 0.1) is 35.0 Å². The molecule has 0 aliphatic carbocycles. The van der Waals surface area contributed by atoms with Gasteiger partial charge in [0.2, 0.25) is 0 Å². The molecule has 1 aromatic carbocycles. The van der Waals surface area contributed by atoms with E-state index in [4.69, 9.17) is 0 Å². The Morgan fingerprint density at radius 1 is 1.03 bits per heavy atom. The van der Waals surface area contributed by atoms with E-state index in [9.17, 15) is 4.79 Å². The van der Waals surface area contributed by atoms with Gasteiger partial charge in [-0.15, -0.1) is 0 Å². The Morgan fingerprint density at radius 3 is 2.75 bits per heavy atom. The van der Waals surface area contributed by atoms with Gasteiger partial charge in [-0.25, -0.2) is 14.6 Å². The number of hydrogen-bond acceptors (Lipinski definition) is 6. The lowest BCUT2D eigenvalue weighted by Gasteiger charge is -2.16. The predicted molar refractivity (Wildman–Crippen MR) is 123 cm³/mol. The van der Waals surface area contributed by atoms with E-state index in [1.807, 2.05) is 68.2 Å². The SMILES string of the molecule is C[C@H](Nc1cnc2cnn(C)c2n1)c1cccc(NC(=O)c2cnc3ccn(C)c3c2)c1. The molecule has 1 atom stereocenters. The third kappa shape index (κ3) is 3.64. The third-order valence-corrected chi connectivity index (χ3v) is 5.45. The highest BCUT2D eigenvalue weighted by Gasteiger charge is 2.12. The van der Waals surface area contributed by atoms with Crippen LogP contribution in [0.1, 0.15) is 28.9 Å². The average molecular weight is 426 g/mol. The molecule has 0 saturated heterocycles. The van der Waals surface area contributed by atoms with Crippen molar-refractivity contribution in [3.05, 3.63) is 72.3 Å². The fourth-order valence-corrected chi connectivity index (χ4v) is 3.64. The third-order valence-electron chi connectivity index (χ3n) is 5.45. The second-order valence-electron chi connectivity index (χ2n) is 7.73. The van der Waals surface area contributed by atoms with Gasteiger partial charge >= 0.3 is 0 Å². The van der Waals surface area contributed by atoms with Gasteiger partial charge in [0.15, 0.2) is 5.65 Å². The van der Waals surface area contributed by atoms with Crippen molar-refractivity contribution in [3.8, 4) is 0 Å². The van der Waals surface area contributed by atoms with E-state index in [2.05, 4.69) is 30.7 Å². The van der Waals surface area contributed by atoms with Crippen molar-refractivity contribution < 1.29 is 4.79 Å². The van der Waals surface area contributed by atoms with E-state index in [1.165, 1.54) is 0 Å². The minimum absolute atomic E-state index is 0.0479. The van der Waals surface area contributed by atoms with E-state index in [1.54, 1.807) is 23.3 Å². The summed E-state index contributed by atoms with van der Waals surface area (Å²) < 4.78 is 3.63. The maximum Gasteiger partial charge on any atom is 0.257 e. The van der Waals surface area contributed by atoms with Gasteiger partial charge in [0.25, 0.3) is 5.91 Å². The number of hydrogen-bond donors (Lipinski definition) is 2. The van der Waals surface area contributed by atoms with E-state index < -0.39 is 0 Å². The number of carbonyl (C=O) groups is 1. The van der Waals surface area contributed by atoms with Crippen molar-refractivity contribution in [2.45, 2.75) is 13.0 Å². The molecule has 9 nitrogen and oxygen atoms in total. The van der Waals surface area contributed by atoms with E-state index in [0.29, 0.717) is 22.7 Å². The number of anilines is 2. The zero-order valence-electron chi connectivity index (χ0n) is 17.9. The standard InChI is InChI=1S/C23H22N8O/c1-14(27-21-13-25-19-12-26-31(3)22(19)29-21)15-5-4-6-17(9-15)28-23(32)16-10-20-18(24-11-16)7-8-30(20)2/h4-14H,1-3H3,(H,27,29)(H,28,32)/t14-/m0/s1. The molecule has 9 heteroatoms. The maximum absolute atomic E-state index is 12.8. The van der Waals surface area contributed by atoms with Crippen molar-refractivity contribution in [2.75, 3.05) is 10.6 Å². The molecule has 0 aliphatic rings. The number of rotatable bonds is 5. The first kappa shape index (κ1) is 19.7. The topological polar surface area (TPSA) is 103 Å². The molecule has 0 fully saturated rings.